The van der Waals surface area contributed by atoms with Crippen LogP contribution in [0.4, 0.5) is 0 Å². The van der Waals surface area contributed by atoms with Crippen molar-refractivity contribution in [3.8, 4) is 0 Å². The third-order valence-electron chi connectivity index (χ3n) is 2.71. The number of nitrogens with two attached hydrogens (primary N) is 1. The summed E-state index contributed by atoms with van der Waals surface area (Å²) in [5, 5.41) is 0.230. The molecule has 2 rings (SSSR count). The van der Waals surface area contributed by atoms with E-state index in [1.165, 1.54) is 0 Å². The highest BCUT2D eigenvalue weighted by molar-refractivity contribution is 7.92. The van der Waals surface area contributed by atoms with Gasteiger partial charge in [-0.05, 0) is 37.1 Å². The molecular formula is C10H12ClNO2S. The van der Waals surface area contributed by atoms with Crippen molar-refractivity contribution in [2.45, 2.75) is 29.0 Å². The molecule has 0 atom stereocenters. The molecule has 1 aliphatic carbocycles. The van der Waals surface area contributed by atoms with E-state index < -0.39 is 9.84 Å². The van der Waals surface area contributed by atoms with E-state index >= 15 is 0 Å². The van der Waals surface area contributed by atoms with Crippen LogP contribution in [0.15, 0.2) is 29.2 Å². The van der Waals surface area contributed by atoms with Crippen molar-refractivity contribution in [2.75, 3.05) is 0 Å². The molecule has 0 spiro atoms. The normalized spacial score (nSPS) is 26.0. The van der Waals surface area contributed by atoms with Gasteiger partial charge in [0, 0.05) is 11.1 Å². The molecule has 0 bridgehead atoms. The molecule has 0 aliphatic heterocycles. The Morgan fingerprint density at radius 3 is 2.20 bits per heavy atom. The summed E-state index contributed by atoms with van der Waals surface area (Å²) in [5.41, 5.74) is 5.58. The minimum absolute atomic E-state index is 0.0390. The Bertz CT molecular complexity index is 449. The van der Waals surface area contributed by atoms with Gasteiger partial charge < -0.3 is 5.73 Å². The maximum atomic E-state index is 12.0. The van der Waals surface area contributed by atoms with E-state index in [1.807, 2.05) is 0 Å². The first kappa shape index (κ1) is 10.9. The molecule has 1 aromatic carbocycles. The van der Waals surface area contributed by atoms with E-state index in [2.05, 4.69) is 0 Å². The van der Waals surface area contributed by atoms with Crippen LogP contribution in [0.2, 0.25) is 5.02 Å². The van der Waals surface area contributed by atoms with Crippen LogP contribution in [0.25, 0.3) is 0 Å². The van der Waals surface area contributed by atoms with Crippen molar-refractivity contribution >= 4 is 21.4 Å². The first-order chi connectivity index (χ1) is 7.00. The van der Waals surface area contributed by atoms with Gasteiger partial charge >= 0.3 is 0 Å². The number of sulfone groups is 1. The second-order valence-electron chi connectivity index (χ2n) is 3.85. The lowest BCUT2D eigenvalue weighted by molar-refractivity contribution is 0.409. The van der Waals surface area contributed by atoms with E-state index in [9.17, 15) is 8.42 Å². The van der Waals surface area contributed by atoms with Crippen LogP contribution in [0.1, 0.15) is 12.8 Å². The molecule has 3 nitrogen and oxygen atoms in total. The van der Waals surface area contributed by atoms with Gasteiger partial charge in [0.05, 0.1) is 10.1 Å². The summed E-state index contributed by atoms with van der Waals surface area (Å²) in [6.45, 7) is 0. The fourth-order valence-electron chi connectivity index (χ4n) is 1.68. The lowest BCUT2D eigenvalue weighted by Gasteiger charge is -2.31. The quantitative estimate of drug-likeness (QED) is 0.861. The molecule has 1 saturated carbocycles. The predicted molar refractivity (Wildman–Crippen MR) is 59.6 cm³/mol. The lowest BCUT2D eigenvalue weighted by Crippen LogP contribution is -2.44. The highest BCUT2D eigenvalue weighted by atomic mass is 35.5. The van der Waals surface area contributed by atoms with Crippen LogP contribution < -0.4 is 5.73 Å². The van der Waals surface area contributed by atoms with Crippen molar-refractivity contribution in [1.29, 1.82) is 0 Å². The van der Waals surface area contributed by atoms with E-state index in [1.54, 1.807) is 24.3 Å². The molecule has 82 valence electrons. The van der Waals surface area contributed by atoms with Gasteiger partial charge in [-0.25, -0.2) is 8.42 Å². The molecule has 1 aromatic rings. The van der Waals surface area contributed by atoms with E-state index in [-0.39, 0.29) is 11.3 Å². The summed E-state index contributed by atoms with van der Waals surface area (Å²) in [5.74, 6) is 0. The molecule has 0 radical (unpaired) electrons. The average Bonchev–Trinajstić information content (AvgIpc) is 2.13. The largest absolute Gasteiger partial charge is 0.328 e. The Kier molecular flexibility index (Phi) is 2.75. The maximum Gasteiger partial charge on any atom is 0.181 e. The monoisotopic (exact) mass is 245 g/mol. The van der Waals surface area contributed by atoms with Crippen molar-refractivity contribution in [2.24, 2.45) is 5.73 Å². The van der Waals surface area contributed by atoms with Crippen LogP contribution in [-0.4, -0.2) is 19.7 Å². The molecule has 0 aromatic heterocycles. The molecule has 0 saturated heterocycles. The van der Waals surface area contributed by atoms with Crippen LogP contribution in [0, 0.1) is 0 Å². The van der Waals surface area contributed by atoms with Gasteiger partial charge in [0.2, 0.25) is 0 Å². The summed E-state index contributed by atoms with van der Waals surface area (Å²) in [4.78, 5) is 0.337. The maximum absolute atomic E-state index is 12.0. The smallest absolute Gasteiger partial charge is 0.181 e. The highest BCUT2D eigenvalue weighted by Crippen LogP contribution is 2.30. The predicted octanol–water partition coefficient (Wildman–Crippen LogP) is 1.60. The van der Waals surface area contributed by atoms with Crippen LogP contribution >= 0.6 is 11.6 Å². The van der Waals surface area contributed by atoms with Crippen molar-refractivity contribution in [3.63, 3.8) is 0 Å². The molecule has 0 amide bonds. The van der Waals surface area contributed by atoms with Gasteiger partial charge in [-0.1, -0.05) is 11.6 Å². The van der Waals surface area contributed by atoms with Gasteiger partial charge in [0.25, 0.3) is 0 Å². The van der Waals surface area contributed by atoms with Gasteiger partial charge in [-0.2, -0.15) is 0 Å². The van der Waals surface area contributed by atoms with Crippen LogP contribution in [0.3, 0.4) is 0 Å². The number of rotatable bonds is 2. The van der Waals surface area contributed by atoms with Gasteiger partial charge in [-0.15, -0.1) is 0 Å². The van der Waals surface area contributed by atoms with Gasteiger partial charge in [-0.3, -0.25) is 0 Å². The first-order valence-corrected chi connectivity index (χ1v) is 6.67. The molecule has 2 N–H and O–H groups in total. The number of hydrogen-bond donors (Lipinski definition) is 1. The molecule has 1 fully saturated rings. The Morgan fingerprint density at radius 1 is 1.20 bits per heavy atom. The van der Waals surface area contributed by atoms with E-state index in [0.717, 1.165) is 0 Å². The van der Waals surface area contributed by atoms with Gasteiger partial charge in [0.1, 0.15) is 0 Å². The van der Waals surface area contributed by atoms with Crippen molar-refractivity contribution in [3.05, 3.63) is 29.3 Å². The zero-order valence-electron chi connectivity index (χ0n) is 8.06. The summed E-state index contributed by atoms with van der Waals surface area (Å²) < 4.78 is 23.9. The second kappa shape index (κ2) is 3.77. The SMILES string of the molecule is NC1CC(S(=O)(=O)c2ccc(Cl)cc2)C1. The minimum atomic E-state index is -3.19. The van der Waals surface area contributed by atoms with Crippen LogP contribution in [-0.2, 0) is 9.84 Å². The summed E-state index contributed by atoms with van der Waals surface area (Å²) in [7, 11) is -3.19. The highest BCUT2D eigenvalue weighted by Gasteiger charge is 2.37. The minimum Gasteiger partial charge on any atom is -0.328 e. The fourth-order valence-corrected chi connectivity index (χ4v) is 3.70. The van der Waals surface area contributed by atoms with E-state index in [4.69, 9.17) is 17.3 Å². The van der Waals surface area contributed by atoms with Crippen molar-refractivity contribution < 1.29 is 8.42 Å². The standard InChI is InChI=1S/C10H12ClNO2S/c11-7-1-3-9(4-2-7)15(13,14)10-5-8(12)6-10/h1-4,8,10H,5-6,12H2. The Hall–Kier alpha value is -0.580. The molecular weight excluding hydrogens is 234 g/mol. The molecule has 1 aliphatic rings. The Balaban J connectivity index is 2.26. The molecule has 5 heteroatoms. The summed E-state index contributed by atoms with van der Waals surface area (Å²) in [6.07, 6.45) is 1.12. The average molecular weight is 246 g/mol. The molecule has 0 unspecified atom stereocenters. The van der Waals surface area contributed by atoms with E-state index in [0.29, 0.717) is 22.8 Å². The third kappa shape index (κ3) is 2.02. The van der Waals surface area contributed by atoms with Crippen molar-refractivity contribution in [1.82, 2.24) is 0 Å². The topological polar surface area (TPSA) is 60.2 Å². The number of benzene rings is 1. The molecule has 15 heavy (non-hydrogen) atoms. The lowest BCUT2D eigenvalue weighted by atomic mass is 9.93. The van der Waals surface area contributed by atoms with Crippen LogP contribution in [0.5, 0.6) is 0 Å². The number of halogens is 1. The zero-order valence-corrected chi connectivity index (χ0v) is 9.63. The first-order valence-electron chi connectivity index (χ1n) is 4.75. The number of hydrogen-bond acceptors (Lipinski definition) is 3. The fraction of sp³-hybridized carbons (Fsp3) is 0.400. The summed E-state index contributed by atoms with van der Waals surface area (Å²) >= 11 is 5.70. The zero-order chi connectivity index (χ0) is 11.1. The Labute approximate surface area is 94.2 Å². The third-order valence-corrected chi connectivity index (χ3v) is 5.16. The Morgan fingerprint density at radius 2 is 1.73 bits per heavy atom. The molecule has 0 heterocycles. The summed E-state index contributed by atoms with van der Waals surface area (Å²) in [6, 6.07) is 6.31. The second-order valence-corrected chi connectivity index (χ2v) is 6.52. The van der Waals surface area contributed by atoms with Gasteiger partial charge in [0.15, 0.2) is 9.84 Å².